The molecule has 0 radical (unpaired) electrons. The van der Waals surface area contributed by atoms with Crippen molar-refractivity contribution in [3.63, 3.8) is 0 Å². The molecule has 9 heteroatoms. The third-order valence-electron chi connectivity index (χ3n) is 5.21. The van der Waals surface area contributed by atoms with Gasteiger partial charge in [-0.1, -0.05) is 30.9 Å². The molecule has 148 valence electrons. The fraction of sp³-hybridized carbons (Fsp3) is 0.474. The van der Waals surface area contributed by atoms with E-state index in [9.17, 15) is 4.91 Å². The number of aromatic nitrogens is 2. The summed E-state index contributed by atoms with van der Waals surface area (Å²) in [7, 11) is 1.59. The first kappa shape index (κ1) is 18.7. The first-order valence-electron chi connectivity index (χ1n) is 9.57. The molecule has 1 aromatic carbocycles. The normalized spacial score (nSPS) is 16.2. The Balaban J connectivity index is 1.60. The lowest BCUT2D eigenvalue weighted by molar-refractivity contribution is 0.357. The van der Waals surface area contributed by atoms with E-state index >= 15 is 0 Å². The Bertz CT molecular complexity index is 872. The van der Waals surface area contributed by atoms with Crippen molar-refractivity contribution in [1.82, 2.24) is 9.97 Å². The van der Waals surface area contributed by atoms with E-state index in [1.807, 2.05) is 12.1 Å². The minimum absolute atomic E-state index is 0.330. The second kappa shape index (κ2) is 8.18. The number of hydrogen-bond donors (Lipinski definition) is 2. The number of ether oxygens (including phenoxy) is 1. The van der Waals surface area contributed by atoms with Crippen molar-refractivity contribution < 1.29 is 4.74 Å². The molecule has 1 aliphatic carbocycles. The Morgan fingerprint density at radius 2 is 2.11 bits per heavy atom. The number of rotatable bonds is 6. The number of benzene rings is 1. The highest BCUT2D eigenvalue weighted by atomic mass is 35.5. The highest BCUT2D eigenvalue weighted by Crippen LogP contribution is 2.36. The first-order valence-corrected chi connectivity index (χ1v) is 9.94. The van der Waals surface area contributed by atoms with Gasteiger partial charge in [-0.2, -0.15) is 4.98 Å². The maximum Gasteiger partial charge on any atom is 0.229 e. The Hall–Kier alpha value is -2.61. The number of nitrogens with one attached hydrogen (secondary N) is 2. The molecule has 2 aliphatic rings. The molecule has 2 N–H and O–H groups in total. The van der Waals surface area contributed by atoms with E-state index in [4.69, 9.17) is 16.3 Å². The van der Waals surface area contributed by atoms with Gasteiger partial charge in [0.2, 0.25) is 5.95 Å². The van der Waals surface area contributed by atoms with Crippen LogP contribution in [-0.2, 0) is 6.42 Å². The summed E-state index contributed by atoms with van der Waals surface area (Å²) in [5.74, 6) is 1.82. The SMILES string of the molecule is CN(N=O)c1cnc(Nc2cc3c(cc2Cl)OCC3)nc1NC1CCCCC1. The summed E-state index contributed by atoms with van der Waals surface area (Å²) in [6, 6.07) is 4.11. The Kier molecular flexibility index (Phi) is 5.47. The van der Waals surface area contributed by atoms with Crippen LogP contribution in [0.4, 0.5) is 23.1 Å². The molecule has 0 saturated heterocycles. The zero-order chi connectivity index (χ0) is 19.5. The van der Waals surface area contributed by atoms with Gasteiger partial charge in [-0.15, -0.1) is 4.91 Å². The molecule has 1 aliphatic heterocycles. The lowest BCUT2D eigenvalue weighted by Gasteiger charge is -2.25. The van der Waals surface area contributed by atoms with Gasteiger partial charge in [0, 0.05) is 25.6 Å². The average molecular weight is 403 g/mol. The minimum atomic E-state index is 0.330. The van der Waals surface area contributed by atoms with Gasteiger partial charge in [0.15, 0.2) is 5.82 Å². The van der Waals surface area contributed by atoms with E-state index < -0.39 is 0 Å². The monoisotopic (exact) mass is 402 g/mol. The standard InChI is InChI=1S/C19H23ClN6O2/c1-26(25-27)16-11-21-19(24-18(16)22-13-5-3-2-4-6-13)23-15-9-12-7-8-28-17(12)10-14(15)20/h9-11,13H,2-8H2,1H3,(H2,21,22,23,24). The van der Waals surface area contributed by atoms with Gasteiger partial charge >= 0.3 is 0 Å². The summed E-state index contributed by atoms with van der Waals surface area (Å²) in [6.07, 6.45) is 8.26. The van der Waals surface area contributed by atoms with Crippen molar-refractivity contribution >= 4 is 34.7 Å². The van der Waals surface area contributed by atoms with Crippen molar-refractivity contribution in [2.24, 2.45) is 5.29 Å². The number of nitrogens with zero attached hydrogens (tertiary/aromatic N) is 4. The second-order valence-corrected chi connectivity index (χ2v) is 7.58. The second-order valence-electron chi connectivity index (χ2n) is 7.18. The topological polar surface area (TPSA) is 91.7 Å². The molecule has 1 fully saturated rings. The summed E-state index contributed by atoms with van der Waals surface area (Å²) < 4.78 is 5.54. The maximum atomic E-state index is 11.0. The molecule has 4 rings (SSSR count). The minimum Gasteiger partial charge on any atom is -0.493 e. The van der Waals surface area contributed by atoms with Gasteiger partial charge in [-0.25, -0.2) is 9.99 Å². The molecular weight excluding hydrogens is 380 g/mol. The number of halogens is 1. The molecule has 1 saturated carbocycles. The molecule has 8 nitrogen and oxygen atoms in total. The quantitative estimate of drug-likeness (QED) is 0.535. The molecule has 2 heterocycles. The predicted octanol–water partition coefficient (Wildman–Crippen LogP) is 4.67. The summed E-state index contributed by atoms with van der Waals surface area (Å²) >= 11 is 6.38. The summed E-state index contributed by atoms with van der Waals surface area (Å²) in [6.45, 7) is 0.667. The lowest BCUT2D eigenvalue weighted by Crippen LogP contribution is -2.24. The largest absolute Gasteiger partial charge is 0.493 e. The Labute approximate surface area is 168 Å². The van der Waals surface area contributed by atoms with Gasteiger partial charge in [0.1, 0.15) is 11.4 Å². The molecule has 0 spiro atoms. The summed E-state index contributed by atoms with van der Waals surface area (Å²) in [4.78, 5) is 20.0. The van der Waals surface area contributed by atoms with Crippen LogP contribution in [0.15, 0.2) is 23.6 Å². The van der Waals surface area contributed by atoms with Crippen LogP contribution in [0.3, 0.4) is 0 Å². The van der Waals surface area contributed by atoms with Crippen LogP contribution in [0, 0.1) is 4.91 Å². The lowest BCUT2D eigenvalue weighted by atomic mass is 9.95. The van der Waals surface area contributed by atoms with Crippen molar-refractivity contribution in [3.05, 3.63) is 33.8 Å². The number of nitroso groups, excluding NO2 is 1. The van der Waals surface area contributed by atoms with Gasteiger partial charge in [-0.3, -0.25) is 0 Å². The maximum absolute atomic E-state index is 11.0. The van der Waals surface area contributed by atoms with Crippen molar-refractivity contribution in [1.29, 1.82) is 0 Å². The van der Waals surface area contributed by atoms with Crippen LogP contribution < -0.4 is 20.4 Å². The third-order valence-corrected chi connectivity index (χ3v) is 5.52. The first-order chi connectivity index (χ1) is 13.6. The van der Waals surface area contributed by atoms with Gasteiger partial charge < -0.3 is 15.4 Å². The molecule has 0 unspecified atom stereocenters. The summed E-state index contributed by atoms with van der Waals surface area (Å²) in [5.41, 5.74) is 2.37. The fourth-order valence-corrected chi connectivity index (χ4v) is 3.88. The molecule has 0 amide bonds. The molecule has 1 aromatic heterocycles. The molecule has 28 heavy (non-hydrogen) atoms. The van der Waals surface area contributed by atoms with E-state index in [1.165, 1.54) is 24.3 Å². The van der Waals surface area contributed by atoms with E-state index in [2.05, 4.69) is 25.9 Å². The van der Waals surface area contributed by atoms with E-state index in [-0.39, 0.29) is 0 Å². The molecular formula is C19H23ClN6O2. The smallest absolute Gasteiger partial charge is 0.229 e. The van der Waals surface area contributed by atoms with E-state index in [1.54, 1.807) is 13.2 Å². The predicted molar refractivity (Wildman–Crippen MR) is 111 cm³/mol. The number of hydrogen-bond acceptors (Lipinski definition) is 7. The van der Waals surface area contributed by atoms with Gasteiger partial charge in [0.05, 0.1) is 28.8 Å². The van der Waals surface area contributed by atoms with Crippen LogP contribution in [0.2, 0.25) is 5.02 Å². The van der Waals surface area contributed by atoms with Crippen molar-refractivity contribution in [3.8, 4) is 5.75 Å². The highest BCUT2D eigenvalue weighted by Gasteiger charge is 2.20. The Morgan fingerprint density at radius 3 is 2.89 bits per heavy atom. The highest BCUT2D eigenvalue weighted by molar-refractivity contribution is 6.33. The molecule has 2 aromatic rings. The van der Waals surface area contributed by atoms with Crippen molar-refractivity contribution in [2.45, 2.75) is 44.6 Å². The average Bonchev–Trinajstić information content (AvgIpc) is 3.16. The van der Waals surface area contributed by atoms with Crippen LogP contribution >= 0.6 is 11.6 Å². The van der Waals surface area contributed by atoms with Crippen molar-refractivity contribution in [2.75, 3.05) is 29.3 Å². The summed E-state index contributed by atoms with van der Waals surface area (Å²) in [5, 5.41) is 11.4. The van der Waals surface area contributed by atoms with Crippen LogP contribution in [0.1, 0.15) is 37.7 Å². The van der Waals surface area contributed by atoms with Crippen LogP contribution in [0.25, 0.3) is 0 Å². The van der Waals surface area contributed by atoms with Crippen LogP contribution in [0.5, 0.6) is 5.75 Å². The molecule has 0 bridgehead atoms. The number of fused-ring (bicyclic) bond motifs is 1. The number of anilines is 4. The van der Waals surface area contributed by atoms with Crippen LogP contribution in [-0.4, -0.2) is 29.7 Å². The van der Waals surface area contributed by atoms with Gasteiger partial charge in [-0.05, 0) is 24.5 Å². The molecule has 0 atom stereocenters. The van der Waals surface area contributed by atoms with E-state index in [0.717, 1.165) is 36.3 Å². The zero-order valence-corrected chi connectivity index (χ0v) is 16.5. The third kappa shape index (κ3) is 3.96. The fourth-order valence-electron chi connectivity index (χ4n) is 3.68. The van der Waals surface area contributed by atoms with Gasteiger partial charge in [0.25, 0.3) is 0 Å². The Morgan fingerprint density at radius 1 is 1.29 bits per heavy atom. The zero-order valence-electron chi connectivity index (χ0n) is 15.7. The van der Waals surface area contributed by atoms with E-state index in [0.29, 0.717) is 35.1 Å².